The maximum Gasteiger partial charge on any atom is 0.230 e. The molecule has 0 aliphatic carbocycles. The van der Waals surface area contributed by atoms with E-state index in [2.05, 4.69) is 43.3 Å². The van der Waals surface area contributed by atoms with Crippen LogP contribution in [0.5, 0.6) is 0 Å². The van der Waals surface area contributed by atoms with Gasteiger partial charge in [-0.05, 0) is 35.4 Å². The molecule has 1 amide bonds. The van der Waals surface area contributed by atoms with Gasteiger partial charge in [0.05, 0.1) is 29.9 Å². The number of nitrogens with one attached hydrogen (secondary N) is 1. The van der Waals surface area contributed by atoms with Gasteiger partial charge in [-0.3, -0.25) is 9.69 Å². The summed E-state index contributed by atoms with van der Waals surface area (Å²) in [7, 11) is 0. The Morgan fingerprint density at radius 1 is 1.15 bits per heavy atom. The van der Waals surface area contributed by atoms with Crippen LogP contribution in [0.1, 0.15) is 11.1 Å². The Kier molecular flexibility index (Phi) is 5.83. The van der Waals surface area contributed by atoms with Crippen LogP contribution in [0.2, 0.25) is 0 Å². The topological polar surface area (TPSA) is 54.5 Å². The minimum absolute atomic E-state index is 0.0510. The van der Waals surface area contributed by atoms with Crippen LogP contribution < -0.4 is 5.32 Å². The SMILES string of the molecule is O=C(Cc1ccc(Br)cc1)Nc1nc2ccc(CN3CCOCC3)cc2s1. The van der Waals surface area contributed by atoms with Crippen molar-refractivity contribution in [1.29, 1.82) is 0 Å². The number of carbonyl (C=O) groups excluding carboxylic acids is 1. The van der Waals surface area contributed by atoms with Gasteiger partial charge >= 0.3 is 0 Å². The lowest BCUT2D eigenvalue weighted by atomic mass is 10.1. The summed E-state index contributed by atoms with van der Waals surface area (Å²) >= 11 is 4.92. The molecule has 5 nitrogen and oxygen atoms in total. The van der Waals surface area contributed by atoms with Crippen molar-refractivity contribution in [2.24, 2.45) is 0 Å². The summed E-state index contributed by atoms with van der Waals surface area (Å²) in [6, 6.07) is 14.1. The van der Waals surface area contributed by atoms with E-state index in [1.54, 1.807) is 0 Å². The van der Waals surface area contributed by atoms with Crippen LogP contribution in [0.25, 0.3) is 10.2 Å². The molecular weight excluding hydrogens is 426 g/mol. The maximum absolute atomic E-state index is 12.3. The van der Waals surface area contributed by atoms with Crippen molar-refractivity contribution in [2.45, 2.75) is 13.0 Å². The third kappa shape index (κ3) is 4.93. The third-order valence-electron chi connectivity index (χ3n) is 4.49. The molecule has 1 aliphatic heterocycles. The molecule has 4 rings (SSSR count). The summed E-state index contributed by atoms with van der Waals surface area (Å²) < 4.78 is 7.51. The molecule has 3 aromatic rings. The lowest BCUT2D eigenvalue weighted by molar-refractivity contribution is -0.115. The van der Waals surface area contributed by atoms with E-state index in [4.69, 9.17) is 4.74 Å². The minimum Gasteiger partial charge on any atom is -0.379 e. The number of benzene rings is 2. The molecule has 140 valence electrons. The monoisotopic (exact) mass is 445 g/mol. The van der Waals surface area contributed by atoms with E-state index < -0.39 is 0 Å². The molecule has 0 radical (unpaired) electrons. The summed E-state index contributed by atoms with van der Waals surface area (Å²) in [5.41, 5.74) is 3.16. The van der Waals surface area contributed by atoms with Crippen LogP contribution in [-0.2, 0) is 22.5 Å². The van der Waals surface area contributed by atoms with E-state index in [0.29, 0.717) is 11.6 Å². The van der Waals surface area contributed by atoms with Gasteiger partial charge in [0, 0.05) is 24.1 Å². The fraction of sp³-hybridized carbons (Fsp3) is 0.300. The lowest BCUT2D eigenvalue weighted by Gasteiger charge is -2.26. The second kappa shape index (κ2) is 8.48. The number of fused-ring (bicyclic) bond motifs is 1. The first-order valence-corrected chi connectivity index (χ1v) is 10.5. The smallest absolute Gasteiger partial charge is 0.230 e. The second-order valence-electron chi connectivity index (χ2n) is 6.56. The first-order chi connectivity index (χ1) is 13.2. The summed E-state index contributed by atoms with van der Waals surface area (Å²) in [5, 5.41) is 3.57. The zero-order chi connectivity index (χ0) is 18.6. The van der Waals surface area contributed by atoms with E-state index in [1.165, 1.54) is 16.9 Å². The van der Waals surface area contributed by atoms with E-state index in [0.717, 1.165) is 53.1 Å². The number of ether oxygens (including phenoxy) is 1. The molecule has 2 aromatic carbocycles. The predicted molar refractivity (Wildman–Crippen MR) is 112 cm³/mol. The van der Waals surface area contributed by atoms with Crippen LogP contribution in [0, 0.1) is 0 Å². The number of rotatable bonds is 5. The number of aromatic nitrogens is 1. The number of thiazole rings is 1. The molecule has 0 saturated carbocycles. The number of morpholine rings is 1. The Hall–Kier alpha value is -1.80. The van der Waals surface area contributed by atoms with Crippen molar-refractivity contribution >= 4 is 48.5 Å². The van der Waals surface area contributed by atoms with Crippen molar-refractivity contribution in [3.63, 3.8) is 0 Å². The van der Waals surface area contributed by atoms with Crippen molar-refractivity contribution < 1.29 is 9.53 Å². The average molecular weight is 446 g/mol. The van der Waals surface area contributed by atoms with Crippen LogP contribution in [0.15, 0.2) is 46.9 Å². The molecule has 2 heterocycles. The van der Waals surface area contributed by atoms with Gasteiger partial charge in [-0.15, -0.1) is 0 Å². The van der Waals surface area contributed by atoms with Gasteiger partial charge in [0.15, 0.2) is 5.13 Å². The molecule has 0 atom stereocenters. The summed E-state index contributed by atoms with van der Waals surface area (Å²) in [5.74, 6) is -0.0510. The van der Waals surface area contributed by atoms with Gasteiger partial charge in [-0.25, -0.2) is 4.98 Å². The van der Waals surface area contributed by atoms with Crippen LogP contribution >= 0.6 is 27.3 Å². The van der Waals surface area contributed by atoms with Gasteiger partial charge < -0.3 is 10.1 Å². The minimum atomic E-state index is -0.0510. The molecule has 27 heavy (non-hydrogen) atoms. The zero-order valence-corrected chi connectivity index (χ0v) is 17.2. The lowest BCUT2D eigenvalue weighted by Crippen LogP contribution is -2.35. The number of hydrogen-bond acceptors (Lipinski definition) is 5. The average Bonchev–Trinajstić information content (AvgIpc) is 3.06. The first kappa shape index (κ1) is 18.6. The zero-order valence-electron chi connectivity index (χ0n) is 14.8. The van der Waals surface area contributed by atoms with Gasteiger partial charge in [-0.2, -0.15) is 0 Å². The number of anilines is 1. The van der Waals surface area contributed by atoms with Gasteiger partial charge in [0.25, 0.3) is 0 Å². The van der Waals surface area contributed by atoms with E-state index >= 15 is 0 Å². The van der Waals surface area contributed by atoms with Gasteiger partial charge in [-0.1, -0.05) is 45.5 Å². The number of nitrogens with zero attached hydrogens (tertiary/aromatic N) is 2. The fourth-order valence-electron chi connectivity index (χ4n) is 3.09. The highest BCUT2D eigenvalue weighted by atomic mass is 79.9. The molecule has 1 N–H and O–H groups in total. The highest BCUT2D eigenvalue weighted by Gasteiger charge is 2.13. The first-order valence-electron chi connectivity index (χ1n) is 8.89. The Morgan fingerprint density at radius 2 is 1.89 bits per heavy atom. The Bertz CT molecular complexity index is 936. The summed E-state index contributed by atoms with van der Waals surface area (Å²) in [6.45, 7) is 4.47. The quantitative estimate of drug-likeness (QED) is 0.642. The standard InChI is InChI=1S/C20H20BrN3O2S/c21-16-4-1-14(2-5-16)12-19(25)23-20-22-17-6-3-15(11-18(17)27-20)13-24-7-9-26-10-8-24/h1-6,11H,7-10,12-13H2,(H,22,23,25). The highest BCUT2D eigenvalue weighted by Crippen LogP contribution is 2.27. The molecule has 1 saturated heterocycles. The predicted octanol–water partition coefficient (Wildman–Crippen LogP) is 4.07. The van der Waals surface area contributed by atoms with Crippen molar-refractivity contribution in [2.75, 3.05) is 31.6 Å². The summed E-state index contributed by atoms with van der Waals surface area (Å²) in [4.78, 5) is 19.2. The molecular formula is C20H20BrN3O2S. The van der Waals surface area contributed by atoms with Crippen molar-refractivity contribution in [3.05, 3.63) is 58.1 Å². The van der Waals surface area contributed by atoms with Gasteiger partial charge in [0.2, 0.25) is 5.91 Å². The Labute approximate surface area is 170 Å². The molecule has 0 spiro atoms. The second-order valence-corrected chi connectivity index (χ2v) is 8.51. The van der Waals surface area contributed by atoms with Crippen molar-refractivity contribution in [3.8, 4) is 0 Å². The molecule has 1 aromatic heterocycles. The normalized spacial score (nSPS) is 15.1. The molecule has 1 aliphatic rings. The van der Waals surface area contributed by atoms with Crippen molar-refractivity contribution in [1.82, 2.24) is 9.88 Å². The summed E-state index contributed by atoms with van der Waals surface area (Å²) in [6.07, 6.45) is 0.339. The van der Waals surface area contributed by atoms with Gasteiger partial charge in [0.1, 0.15) is 0 Å². The molecule has 1 fully saturated rings. The number of hydrogen-bond donors (Lipinski definition) is 1. The fourth-order valence-corrected chi connectivity index (χ4v) is 4.30. The third-order valence-corrected chi connectivity index (χ3v) is 5.95. The number of amides is 1. The largest absolute Gasteiger partial charge is 0.379 e. The Balaban J connectivity index is 1.41. The number of halogens is 1. The van der Waals surface area contributed by atoms with Crippen LogP contribution in [0.3, 0.4) is 0 Å². The molecule has 0 unspecified atom stereocenters. The van der Waals surface area contributed by atoms with E-state index in [9.17, 15) is 4.79 Å². The Morgan fingerprint density at radius 3 is 2.67 bits per heavy atom. The van der Waals surface area contributed by atoms with E-state index in [1.807, 2.05) is 30.3 Å². The van der Waals surface area contributed by atoms with Crippen LogP contribution in [0.4, 0.5) is 5.13 Å². The molecule has 0 bridgehead atoms. The highest BCUT2D eigenvalue weighted by molar-refractivity contribution is 9.10. The maximum atomic E-state index is 12.3. The van der Waals surface area contributed by atoms with Crippen LogP contribution in [-0.4, -0.2) is 42.1 Å². The molecule has 7 heteroatoms. The number of carbonyl (C=O) groups is 1. The van der Waals surface area contributed by atoms with E-state index in [-0.39, 0.29) is 5.91 Å².